The van der Waals surface area contributed by atoms with Crippen LogP contribution in [0.4, 0.5) is 0 Å². The van der Waals surface area contributed by atoms with Crippen molar-refractivity contribution in [2.45, 2.75) is 46.1 Å². The summed E-state index contributed by atoms with van der Waals surface area (Å²) in [6, 6.07) is 6.20. The van der Waals surface area contributed by atoms with Gasteiger partial charge in [0.1, 0.15) is 0 Å². The van der Waals surface area contributed by atoms with E-state index in [-0.39, 0.29) is 6.10 Å². The van der Waals surface area contributed by atoms with E-state index < -0.39 is 0 Å². The smallest absolute Gasteiger partial charge is 0.0818 e. The number of aryl methyl sites for hydroxylation is 1. The molecule has 18 heavy (non-hydrogen) atoms. The highest BCUT2D eigenvalue weighted by molar-refractivity contribution is 9.10. The van der Waals surface area contributed by atoms with Gasteiger partial charge in [-0.25, -0.2) is 0 Å². The van der Waals surface area contributed by atoms with Crippen molar-refractivity contribution in [2.24, 2.45) is 17.8 Å². The van der Waals surface area contributed by atoms with Crippen molar-refractivity contribution in [3.63, 3.8) is 0 Å². The molecule has 0 saturated heterocycles. The van der Waals surface area contributed by atoms with Crippen LogP contribution in [-0.4, -0.2) is 5.11 Å². The Morgan fingerprint density at radius 2 is 1.94 bits per heavy atom. The highest BCUT2D eigenvalue weighted by atomic mass is 79.9. The summed E-state index contributed by atoms with van der Waals surface area (Å²) in [4.78, 5) is 0. The minimum absolute atomic E-state index is 0.299. The van der Waals surface area contributed by atoms with Gasteiger partial charge in [-0.1, -0.05) is 48.3 Å². The van der Waals surface area contributed by atoms with Gasteiger partial charge in [0, 0.05) is 4.47 Å². The summed E-state index contributed by atoms with van der Waals surface area (Å²) in [5, 5.41) is 10.5. The Labute approximate surface area is 119 Å². The Morgan fingerprint density at radius 1 is 1.22 bits per heavy atom. The normalized spacial score (nSPS) is 30.2. The van der Waals surface area contributed by atoms with Crippen molar-refractivity contribution >= 4 is 15.9 Å². The Bertz CT molecular complexity index is 416. The number of hydrogen-bond donors (Lipinski definition) is 1. The number of rotatable bonds is 2. The van der Waals surface area contributed by atoms with E-state index in [2.05, 4.69) is 42.8 Å². The molecule has 0 spiro atoms. The third-order valence-corrected chi connectivity index (χ3v) is 5.50. The molecule has 1 aromatic rings. The molecular weight excluding hydrogens is 288 g/mol. The lowest BCUT2D eigenvalue weighted by Gasteiger charge is -2.35. The summed E-state index contributed by atoms with van der Waals surface area (Å²) in [6.07, 6.45) is 3.25. The number of hydrogen-bond acceptors (Lipinski definition) is 1. The van der Waals surface area contributed by atoms with Gasteiger partial charge in [-0.15, -0.1) is 0 Å². The van der Waals surface area contributed by atoms with Crippen LogP contribution in [0.1, 0.15) is 50.3 Å². The summed E-state index contributed by atoms with van der Waals surface area (Å²) in [6.45, 7) is 6.72. The van der Waals surface area contributed by atoms with Gasteiger partial charge in [0.05, 0.1) is 6.10 Å². The largest absolute Gasteiger partial charge is 0.388 e. The van der Waals surface area contributed by atoms with Gasteiger partial charge in [-0.2, -0.15) is 0 Å². The van der Waals surface area contributed by atoms with Crippen molar-refractivity contribution in [3.8, 4) is 0 Å². The molecule has 1 aromatic carbocycles. The lowest BCUT2D eigenvalue weighted by atomic mass is 9.73. The molecule has 0 aromatic heterocycles. The van der Waals surface area contributed by atoms with Crippen LogP contribution in [0.5, 0.6) is 0 Å². The van der Waals surface area contributed by atoms with Crippen LogP contribution < -0.4 is 0 Å². The zero-order valence-corrected chi connectivity index (χ0v) is 13.1. The molecule has 1 nitrogen and oxygen atoms in total. The van der Waals surface area contributed by atoms with Gasteiger partial charge in [-0.3, -0.25) is 0 Å². The summed E-state index contributed by atoms with van der Waals surface area (Å²) in [5.74, 6) is 1.96. The predicted molar refractivity (Wildman–Crippen MR) is 79.5 cm³/mol. The molecule has 0 radical (unpaired) electrons. The first-order valence-electron chi connectivity index (χ1n) is 6.93. The Balaban J connectivity index is 2.11. The topological polar surface area (TPSA) is 20.2 Å². The third kappa shape index (κ3) is 2.97. The maximum absolute atomic E-state index is 10.5. The molecule has 4 unspecified atom stereocenters. The Kier molecular flexibility index (Phi) is 4.50. The van der Waals surface area contributed by atoms with Crippen molar-refractivity contribution in [1.82, 2.24) is 0 Å². The van der Waals surface area contributed by atoms with E-state index in [9.17, 15) is 5.11 Å². The van der Waals surface area contributed by atoms with Crippen molar-refractivity contribution in [2.75, 3.05) is 0 Å². The van der Waals surface area contributed by atoms with Crippen molar-refractivity contribution < 1.29 is 5.11 Å². The molecule has 100 valence electrons. The monoisotopic (exact) mass is 310 g/mol. The molecule has 4 atom stereocenters. The summed E-state index contributed by atoms with van der Waals surface area (Å²) < 4.78 is 1.11. The summed E-state index contributed by atoms with van der Waals surface area (Å²) >= 11 is 3.51. The van der Waals surface area contributed by atoms with Crippen LogP contribution in [0.15, 0.2) is 22.7 Å². The van der Waals surface area contributed by atoms with E-state index in [0.717, 1.165) is 34.7 Å². The number of benzene rings is 1. The zero-order valence-electron chi connectivity index (χ0n) is 11.5. The van der Waals surface area contributed by atoms with Crippen LogP contribution in [-0.2, 0) is 0 Å². The highest BCUT2D eigenvalue weighted by Gasteiger charge is 2.29. The minimum Gasteiger partial charge on any atom is -0.388 e. The fraction of sp³-hybridized carbons (Fsp3) is 0.625. The quantitative estimate of drug-likeness (QED) is 0.826. The zero-order chi connectivity index (χ0) is 13.3. The molecule has 1 saturated carbocycles. The van der Waals surface area contributed by atoms with Crippen molar-refractivity contribution in [3.05, 3.63) is 33.8 Å². The molecule has 0 amide bonds. The number of aliphatic hydroxyl groups is 1. The third-order valence-electron chi connectivity index (χ3n) is 4.61. The minimum atomic E-state index is -0.299. The maximum Gasteiger partial charge on any atom is 0.0818 e. The molecular formula is C16H23BrO. The molecule has 2 heteroatoms. The molecule has 0 aliphatic heterocycles. The van der Waals surface area contributed by atoms with Crippen LogP contribution in [0.2, 0.25) is 0 Å². The van der Waals surface area contributed by atoms with Crippen LogP contribution in [0.3, 0.4) is 0 Å². The average Bonchev–Trinajstić information content (AvgIpc) is 2.35. The van der Waals surface area contributed by atoms with Gasteiger partial charge in [0.15, 0.2) is 0 Å². The first-order valence-corrected chi connectivity index (χ1v) is 7.72. The van der Waals surface area contributed by atoms with Crippen LogP contribution in [0.25, 0.3) is 0 Å². The fourth-order valence-corrected chi connectivity index (χ4v) is 3.25. The standard InChI is InChI=1S/C16H23BrO/c1-10-4-5-13(8-11(10)2)16(18)14-6-7-15(17)12(3)9-14/h6-7,9-11,13,16,18H,4-5,8H2,1-3H3. The van der Waals surface area contributed by atoms with Gasteiger partial charge >= 0.3 is 0 Å². The Hall–Kier alpha value is -0.340. The second-order valence-electron chi connectivity index (χ2n) is 5.98. The van der Waals surface area contributed by atoms with Gasteiger partial charge in [0.25, 0.3) is 0 Å². The first-order chi connectivity index (χ1) is 8.49. The molecule has 1 N–H and O–H groups in total. The van der Waals surface area contributed by atoms with E-state index in [1.54, 1.807) is 0 Å². The molecule has 1 aliphatic carbocycles. The maximum atomic E-state index is 10.5. The summed E-state index contributed by atoms with van der Waals surface area (Å²) in [5.41, 5.74) is 2.27. The molecule has 0 bridgehead atoms. The number of aliphatic hydroxyl groups excluding tert-OH is 1. The van der Waals surface area contributed by atoms with Gasteiger partial charge < -0.3 is 5.11 Å². The fourth-order valence-electron chi connectivity index (χ4n) is 3.00. The molecule has 0 heterocycles. The van der Waals surface area contributed by atoms with Crippen LogP contribution >= 0.6 is 15.9 Å². The van der Waals surface area contributed by atoms with E-state index in [4.69, 9.17) is 0 Å². The second-order valence-corrected chi connectivity index (χ2v) is 6.84. The van der Waals surface area contributed by atoms with E-state index >= 15 is 0 Å². The summed E-state index contributed by atoms with van der Waals surface area (Å²) in [7, 11) is 0. The van der Waals surface area contributed by atoms with E-state index in [0.29, 0.717) is 5.92 Å². The lowest BCUT2D eigenvalue weighted by Crippen LogP contribution is -2.25. The second kappa shape index (κ2) is 5.75. The average molecular weight is 311 g/mol. The van der Waals surface area contributed by atoms with Crippen molar-refractivity contribution in [1.29, 1.82) is 0 Å². The Morgan fingerprint density at radius 3 is 2.56 bits per heavy atom. The molecule has 1 fully saturated rings. The number of halogens is 1. The van der Waals surface area contributed by atoms with Gasteiger partial charge in [-0.05, 0) is 54.7 Å². The SMILES string of the molecule is Cc1cc(C(O)C2CCC(C)C(C)C2)ccc1Br. The van der Waals surface area contributed by atoms with E-state index in [1.165, 1.54) is 12.0 Å². The highest BCUT2D eigenvalue weighted by Crippen LogP contribution is 2.40. The van der Waals surface area contributed by atoms with Crippen LogP contribution in [0, 0.1) is 24.7 Å². The van der Waals surface area contributed by atoms with E-state index in [1.807, 2.05) is 12.1 Å². The lowest BCUT2D eigenvalue weighted by molar-refractivity contribution is 0.0560. The predicted octanol–water partition coefficient (Wildman–Crippen LogP) is 4.86. The molecule has 2 rings (SSSR count). The van der Waals surface area contributed by atoms with Gasteiger partial charge in [0.2, 0.25) is 0 Å². The first kappa shape index (κ1) is 14.1. The molecule has 1 aliphatic rings.